The Labute approximate surface area is 129 Å². The zero-order chi connectivity index (χ0) is 15.2. The van der Waals surface area contributed by atoms with Crippen LogP contribution >= 0.6 is 11.6 Å². The summed E-state index contributed by atoms with van der Waals surface area (Å²) in [6.07, 6.45) is 0. The number of carbonyl (C=O) groups excluding carboxylic acids is 2. The molecule has 1 heterocycles. The quantitative estimate of drug-likeness (QED) is 0.839. The zero-order valence-corrected chi connectivity index (χ0v) is 12.8. The lowest BCUT2D eigenvalue weighted by molar-refractivity contribution is -0.133. The second kappa shape index (κ2) is 7.43. The molecule has 1 aliphatic heterocycles. The van der Waals surface area contributed by atoms with Gasteiger partial charge in [0.05, 0.1) is 6.54 Å². The molecule has 1 aromatic carbocycles. The Morgan fingerprint density at radius 3 is 2.38 bits per heavy atom. The van der Waals surface area contributed by atoms with Gasteiger partial charge in [0.2, 0.25) is 11.8 Å². The topological polar surface area (TPSA) is 52.7 Å². The van der Waals surface area contributed by atoms with E-state index in [4.69, 9.17) is 11.6 Å². The number of piperazine rings is 1. The maximum atomic E-state index is 12.4. The fourth-order valence-electron chi connectivity index (χ4n) is 2.33. The number of rotatable bonds is 4. The van der Waals surface area contributed by atoms with Crippen LogP contribution < -0.4 is 5.32 Å². The van der Waals surface area contributed by atoms with Gasteiger partial charge in [0.25, 0.3) is 0 Å². The molecule has 0 saturated carbocycles. The van der Waals surface area contributed by atoms with Crippen molar-refractivity contribution in [2.24, 2.45) is 0 Å². The first-order chi connectivity index (χ1) is 10.1. The van der Waals surface area contributed by atoms with Crippen LogP contribution in [0, 0.1) is 0 Å². The molecule has 1 aliphatic rings. The molecule has 2 rings (SSSR count). The van der Waals surface area contributed by atoms with E-state index in [2.05, 4.69) is 5.32 Å². The van der Waals surface area contributed by atoms with Crippen molar-refractivity contribution in [2.75, 3.05) is 39.8 Å². The van der Waals surface area contributed by atoms with Gasteiger partial charge in [-0.05, 0) is 5.56 Å². The summed E-state index contributed by atoms with van der Waals surface area (Å²) in [5, 5.41) is 1.96. The lowest BCUT2D eigenvalue weighted by Gasteiger charge is -2.35. The standard InChI is InChI=1S/C15H20ClN3O2/c1-17-13(20)11-18-7-9-19(10-8-18)15(21)14(16)12-5-3-2-4-6-12/h2-6,14H,7-11H2,1H3,(H,17,20). The molecule has 6 heteroatoms. The number of halogens is 1. The third kappa shape index (κ3) is 4.19. The summed E-state index contributed by atoms with van der Waals surface area (Å²) in [6.45, 7) is 2.97. The van der Waals surface area contributed by atoms with Gasteiger partial charge in [0.1, 0.15) is 5.38 Å². The third-order valence-corrected chi connectivity index (χ3v) is 4.08. The molecule has 1 atom stereocenters. The number of hydrogen-bond donors (Lipinski definition) is 1. The summed E-state index contributed by atoms with van der Waals surface area (Å²) in [4.78, 5) is 27.5. The van der Waals surface area contributed by atoms with Gasteiger partial charge < -0.3 is 10.2 Å². The number of nitrogens with zero attached hydrogens (tertiary/aromatic N) is 2. The highest BCUT2D eigenvalue weighted by molar-refractivity contribution is 6.30. The van der Waals surface area contributed by atoms with Gasteiger partial charge in [0, 0.05) is 33.2 Å². The highest BCUT2D eigenvalue weighted by atomic mass is 35.5. The molecule has 1 fully saturated rings. The maximum Gasteiger partial charge on any atom is 0.245 e. The molecular formula is C15H20ClN3O2. The van der Waals surface area contributed by atoms with Gasteiger partial charge in [-0.1, -0.05) is 30.3 Å². The van der Waals surface area contributed by atoms with Crippen molar-refractivity contribution < 1.29 is 9.59 Å². The Bertz CT molecular complexity index is 487. The average molecular weight is 310 g/mol. The van der Waals surface area contributed by atoms with Crippen molar-refractivity contribution in [3.63, 3.8) is 0 Å². The van der Waals surface area contributed by atoms with Crippen LogP contribution in [0.4, 0.5) is 0 Å². The number of hydrogen-bond acceptors (Lipinski definition) is 3. The largest absolute Gasteiger partial charge is 0.358 e. The highest BCUT2D eigenvalue weighted by Gasteiger charge is 2.27. The van der Waals surface area contributed by atoms with Crippen LogP contribution in [0.25, 0.3) is 0 Å². The van der Waals surface area contributed by atoms with Crippen LogP contribution in [-0.4, -0.2) is 61.4 Å². The predicted molar refractivity (Wildman–Crippen MR) is 82.1 cm³/mol. The van der Waals surface area contributed by atoms with E-state index in [1.165, 1.54) is 0 Å². The number of carbonyl (C=O) groups is 2. The first kappa shape index (κ1) is 15.8. The molecule has 1 saturated heterocycles. The zero-order valence-electron chi connectivity index (χ0n) is 12.1. The van der Waals surface area contributed by atoms with Crippen molar-refractivity contribution in [3.05, 3.63) is 35.9 Å². The van der Waals surface area contributed by atoms with Gasteiger partial charge in [-0.2, -0.15) is 0 Å². The summed E-state index contributed by atoms with van der Waals surface area (Å²) in [5.74, 6) is -0.0725. The molecule has 1 N–H and O–H groups in total. The Kier molecular flexibility index (Phi) is 5.59. The van der Waals surface area contributed by atoms with Gasteiger partial charge in [0.15, 0.2) is 0 Å². The molecule has 21 heavy (non-hydrogen) atoms. The van der Waals surface area contributed by atoms with Crippen molar-refractivity contribution in [1.82, 2.24) is 15.1 Å². The molecule has 1 unspecified atom stereocenters. The molecule has 5 nitrogen and oxygen atoms in total. The van der Waals surface area contributed by atoms with Gasteiger partial charge in [-0.15, -0.1) is 11.6 Å². The molecule has 0 spiro atoms. The van der Waals surface area contributed by atoms with E-state index in [0.717, 1.165) is 5.56 Å². The van der Waals surface area contributed by atoms with Crippen LogP contribution in [0.3, 0.4) is 0 Å². The number of likely N-dealkylation sites (N-methyl/N-ethyl adjacent to an activating group) is 1. The lowest BCUT2D eigenvalue weighted by Crippen LogP contribution is -2.51. The summed E-state index contributed by atoms with van der Waals surface area (Å²) in [6, 6.07) is 9.36. The third-order valence-electron chi connectivity index (χ3n) is 3.64. The SMILES string of the molecule is CNC(=O)CN1CCN(C(=O)C(Cl)c2ccccc2)CC1. The number of amides is 2. The minimum Gasteiger partial charge on any atom is -0.358 e. The predicted octanol–water partition coefficient (Wildman–Crippen LogP) is 0.857. The molecule has 0 aliphatic carbocycles. The van der Waals surface area contributed by atoms with Gasteiger partial charge >= 0.3 is 0 Å². The van der Waals surface area contributed by atoms with Crippen LogP contribution in [-0.2, 0) is 9.59 Å². The lowest BCUT2D eigenvalue weighted by atomic mass is 10.1. The summed E-state index contributed by atoms with van der Waals surface area (Å²) >= 11 is 6.26. The Morgan fingerprint density at radius 2 is 1.81 bits per heavy atom. The fourth-order valence-corrected chi connectivity index (χ4v) is 2.62. The molecule has 0 aromatic heterocycles. The molecule has 0 bridgehead atoms. The van der Waals surface area contributed by atoms with E-state index in [1.807, 2.05) is 35.2 Å². The molecule has 2 amide bonds. The van der Waals surface area contributed by atoms with E-state index >= 15 is 0 Å². The molecule has 114 valence electrons. The monoisotopic (exact) mass is 309 g/mol. The first-order valence-corrected chi connectivity index (χ1v) is 7.46. The van der Waals surface area contributed by atoms with Gasteiger partial charge in [-0.25, -0.2) is 0 Å². The van der Waals surface area contributed by atoms with Gasteiger partial charge in [-0.3, -0.25) is 14.5 Å². The average Bonchev–Trinajstić information content (AvgIpc) is 2.55. The van der Waals surface area contributed by atoms with Crippen molar-refractivity contribution >= 4 is 23.4 Å². The Balaban J connectivity index is 1.87. The Hall–Kier alpha value is -1.59. The van der Waals surface area contributed by atoms with E-state index in [9.17, 15) is 9.59 Å². The highest BCUT2D eigenvalue weighted by Crippen LogP contribution is 2.23. The first-order valence-electron chi connectivity index (χ1n) is 7.02. The summed E-state index contributed by atoms with van der Waals surface area (Å²) < 4.78 is 0. The minimum atomic E-state index is -0.642. The van der Waals surface area contributed by atoms with E-state index in [-0.39, 0.29) is 11.8 Å². The van der Waals surface area contributed by atoms with Crippen molar-refractivity contribution in [2.45, 2.75) is 5.38 Å². The normalized spacial score (nSPS) is 17.3. The number of benzene rings is 1. The summed E-state index contributed by atoms with van der Waals surface area (Å²) in [5.41, 5.74) is 0.817. The second-order valence-corrected chi connectivity index (χ2v) is 5.48. The number of alkyl halides is 1. The van der Waals surface area contributed by atoms with Crippen LogP contribution in [0.5, 0.6) is 0 Å². The summed E-state index contributed by atoms with van der Waals surface area (Å²) in [7, 11) is 1.63. The smallest absolute Gasteiger partial charge is 0.245 e. The van der Waals surface area contributed by atoms with E-state index in [0.29, 0.717) is 32.7 Å². The van der Waals surface area contributed by atoms with Crippen molar-refractivity contribution in [3.8, 4) is 0 Å². The van der Waals surface area contributed by atoms with E-state index in [1.54, 1.807) is 11.9 Å². The fraction of sp³-hybridized carbons (Fsp3) is 0.467. The molecule has 1 aromatic rings. The maximum absolute atomic E-state index is 12.4. The number of nitrogens with one attached hydrogen (secondary N) is 1. The van der Waals surface area contributed by atoms with E-state index < -0.39 is 5.38 Å². The molecule has 0 radical (unpaired) electrons. The van der Waals surface area contributed by atoms with Crippen LogP contribution in [0.1, 0.15) is 10.9 Å². The Morgan fingerprint density at radius 1 is 1.19 bits per heavy atom. The second-order valence-electron chi connectivity index (χ2n) is 5.05. The minimum absolute atomic E-state index is 0.00529. The van der Waals surface area contributed by atoms with Crippen molar-refractivity contribution in [1.29, 1.82) is 0 Å². The van der Waals surface area contributed by atoms with Crippen LogP contribution in [0.15, 0.2) is 30.3 Å². The molecular weight excluding hydrogens is 290 g/mol. The van der Waals surface area contributed by atoms with Crippen LogP contribution in [0.2, 0.25) is 0 Å².